The third kappa shape index (κ3) is 6.10. The highest BCUT2D eigenvalue weighted by Crippen LogP contribution is 2.33. The van der Waals surface area contributed by atoms with Crippen LogP contribution in [0.3, 0.4) is 0 Å². The van der Waals surface area contributed by atoms with Gasteiger partial charge in [-0.3, -0.25) is 4.79 Å². The van der Waals surface area contributed by atoms with E-state index in [4.69, 9.17) is 21.2 Å². The average Bonchev–Trinajstić information content (AvgIpc) is 3.56. The number of nitrogens with zero attached hydrogens (tertiary/aromatic N) is 2. The second-order valence-corrected chi connectivity index (χ2v) is 7.54. The zero-order valence-corrected chi connectivity index (χ0v) is 17.6. The van der Waals surface area contributed by atoms with Gasteiger partial charge in [0.1, 0.15) is 7.11 Å². The molecule has 10 heteroatoms. The lowest BCUT2D eigenvalue weighted by molar-refractivity contribution is -0.189. The van der Waals surface area contributed by atoms with Crippen LogP contribution < -0.4 is 10.1 Å². The number of aromatic nitrogens is 1. The Hall–Kier alpha value is -2.81. The lowest BCUT2D eigenvalue weighted by Crippen LogP contribution is -2.32. The van der Waals surface area contributed by atoms with Crippen molar-refractivity contribution in [1.82, 2.24) is 10.3 Å². The monoisotopic (exact) mass is 455 g/mol. The largest absolute Gasteiger partial charge is 0.465 e. The van der Waals surface area contributed by atoms with Crippen LogP contribution in [0.2, 0.25) is 5.02 Å². The summed E-state index contributed by atoms with van der Waals surface area (Å²) in [5.41, 5.74) is 1.66. The molecule has 0 saturated heterocycles. The van der Waals surface area contributed by atoms with E-state index >= 15 is 0 Å². The Kier molecular flexibility index (Phi) is 7.04. The minimum absolute atomic E-state index is 0.171. The number of oxime groups is 1. The van der Waals surface area contributed by atoms with Crippen LogP contribution in [0.4, 0.5) is 13.2 Å². The van der Waals surface area contributed by atoms with Gasteiger partial charge in [-0.15, -0.1) is 0 Å². The number of nitrogens with one attached hydrogen (secondary N) is 1. The number of hydrogen-bond acceptors (Lipinski definition) is 5. The molecule has 1 saturated carbocycles. The van der Waals surface area contributed by atoms with Gasteiger partial charge in [0.05, 0.1) is 17.8 Å². The van der Waals surface area contributed by atoms with Crippen molar-refractivity contribution < 1.29 is 27.5 Å². The van der Waals surface area contributed by atoms with E-state index in [2.05, 4.69) is 15.5 Å². The van der Waals surface area contributed by atoms with Gasteiger partial charge in [-0.2, -0.15) is 13.2 Å². The summed E-state index contributed by atoms with van der Waals surface area (Å²) < 4.78 is 44.0. The highest BCUT2D eigenvalue weighted by atomic mass is 35.5. The molecule has 1 aliphatic carbocycles. The zero-order valence-electron chi connectivity index (χ0n) is 16.9. The third-order valence-electron chi connectivity index (χ3n) is 4.71. The molecule has 0 aliphatic heterocycles. The van der Waals surface area contributed by atoms with Crippen LogP contribution in [0.15, 0.2) is 41.7 Å². The molecule has 0 unspecified atom stereocenters. The van der Waals surface area contributed by atoms with Crippen LogP contribution in [-0.2, 0) is 4.84 Å². The maximum Gasteiger partial charge on any atom is 0.425 e. The second kappa shape index (κ2) is 9.55. The van der Waals surface area contributed by atoms with Gasteiger partial charge in [0.15, 0.2) is 6.10 Å². The SMILES string of the molecule is CON=C(CNC(=O)c1cnc(O[C@@H](C)C(F)(F)F)c(-c2ccc(Cl)cc2)c1)C1CC1. The average molecular weight is 456 g/mol. The van der Waals surface area contributed by atoms with Gasteiger partial charge < -0.3 is 14.9 Å². The van der Waals surface area contributed by atoms with Crippen molar-refractivity contribution in [2.45, 2.75) is 32.0 Å². The zero-order chi connectivity index (χ0) is 22.6. The fraction of sp³-hybridized carbons (Fsp3) is 0.381. The number of hydrogen-bond donors (Lipinski definition) is 1. The molecule has 0 spiro atoms. The lowest BCUT2D eigenvalue weighted by Gasteiger charge is -2.19. The highest BCUT2D eigenvalue weighted by molar-refractivity contribution is 6.30. The minimum atomic E-state index is -4.56. The van der Waals surface area contributed by atoms with Gasteiger partial charge in [-0.25, -0.2) is 4.98 Å². The number of alkyl halides is 3. The molecule has 1 aromatic heterocycles. The topological polar surface area (TPSA) is 72.8 Å². The van der Waals surface area contributed by atoms with Crippen LogP contribution in [0, 0.1) is 5.92 Å². The van der Waals surface area contributed by atoms with E-state index in [0.717, 1.165) is 25.5 Å². The lowest BCUT2D eigenvalue weighted by atomic mass is 10.0. The molecule has 1 aliphatic rings. The number of carbonyl (C=O) groups is 1. The van der Waals surface area contributed by atoms with Gasteiger partial charge in [-0.1, -0.05) is 28.9 Å². The summed E-state index contributed by atoms with van der Waals surface area (Å²) >= 11 is 5.91. The number of rotatable bonds is 8. The van der Waals surface area contributed by atoms with Crippen LogP contribution in [-0.4, -0.2) is 42.5 Å². The standard InChI is InChI=1S/C21H21ClF3N3O3/c1-12(21(23,24)25)31-20-17(13-5-7-16(22)8-6-13)9-15(10-27-20)19(29)26-11-18(28-30-2)14-3-4-14/h5-10,12,14H,3-4,11H2,1-2H3,(H,26,29)/t12-/m0/s1. The third-order valence-corrected chi connectivity index (χ3v) is 4.96. The van der Waals surface area contributed by atoms with E-state index in [1.54, 1.807) is 24.3 Å². The fourth-order valence-corrected chi connectivity index (χ4v) is 2.92. The van der Waals surface area contributed by atoms with Crippen LogP contribution in [0.5, 0.6) is 5.88 Å². The van der Waals surface area contributed by atoms with Crippen molar-refractivity contribution in [3.8, 4) is 17.0 Å². The predicted octanol–water partition coefficient (Wildman–Crippen LogP) is 4.87. The smallest absolute Gasteiger partial charge is 0.425 e. The van der Waals surface area contributed by atoms with Crippen LogP contribution in [0.1, 0.15) is 30.1 Å². The number of ether oxygens (including phenoxy) is 1. The quantitative estimate of drug-likeness (QED) is 0.455. The summed E-state index contributed by atoms with van der Waals surface area (Å²) in [5, 5.41) is 7.15. The molecule has 1 fully saturated rings. The number of halogens is 4. The summed E-state index contributed by atoms with van der Waals surface area (Å²) in [7, 11) is 1.44. The van der Waals surface area contributed by atoms with Crippen molar-refractivity contribution in [2.75, 3.05) is 13.7 Å². The molecular formula is C21H21ClF3N3O3. The Labute approximate surface area is 182 Å². The fourth-order valence-electron chi connectivity index (χ4n) is 2.80. The first kappa shape index (κ1) is 22.9. The Morgan fingerprint density at radius 2 is 2.00 bits per heavy atom. The number of pyridine rings is 1. The van der Waals surface area contributed by atoms with Gasteiger partial charge in [0.25, 0.3) is 5.91 Å². The van der Waals surface area contributed by atoms with Gasteiger partial charge in [0, 0.05) is 22.7 Å². The maximum absolute atomic E-state index is 13.0. The van der Waals surface area contributed by atoms with Crippen molar-refractivity contribution in [3.05, 3.63) is 47.1 Å². The first-order valence-electron chi connectivity index (χ1n) is 9.56. The summed E-state index contributed by atoms with van der Waals surface area (Å²) in [6.45, 7) is 1.10. The molecule has 1 N–H and O–H groups in total. The Bertz CT molecular complexity index is 961. The molecule has 0 bridgehead atoms. The van der Waals surface area contributed by atoms with E-state index in [-0.39, 0.29) is 23.6 Å². The molecular weight excluding hydrogens is 435 g/mol. The maximum atomic E-state index is 13.0. The minimum Gasteiger partial charge on any atom is -0.465 e. The van der Waals surface area contributed by atoms with E-state index < -0.39 is 18.2 Å². The molecule has 1 amide bonds. The van der Waals surface area contributed by atoms with Gasteiger partial charge in [0.2, 0.25) is 5.88 Å². The second-order valence-electron chi connectivity index (χ2n) is 7.11. The molecule has 1 aromatic carbocycles. The van der Waals surface area contributed by atoms with E-state index in [9.17, 15) is 18.0 Å². The molecule has 0 radical (unpaired) electrons. The number of carbonyl (C=O) groups excluding carboxylic acids is 1. The first-order chi connectivity index (χ1) is 14.7. The van der Waals surface area contributed by atoms with Gasteiger partial charge >= 0.3 is 6.18 Å². The number of benzene rings is 1. The molecule has 2 aromatic rings. The van der Waals surface area contributed by atoms with E-state index in [1.165, 1.54) is 19.4 Å². The summed E-state index contributed by atoms with van der Waals surface area (Å²) in [6.07, 6.45) is -3.48. The molecule has 1 atom stereocenters. The molecule has 1 heterocycles. The van der Waals surface area contributed by atoms with Crippen molar-refractivity contribution in [1.29, 1.82) is 0 Å². The Morgan fingerprint density at radius 3 is 2.58 bits per heavy atom. The van der Waals surface area contributed by atoms with Crippen LogP contribution in [0.25, 0.3) is 11.1 Å². The highest BCUT2D eigenvalue weighted by Gasteiger charge is 2.38. The number of amides is 1. The molecule has 31 heavy (non-hydrogen) atoms. The van der Waals surface area contributed by atoms with Crippen molar-refractivity contribution in [3.63, 3.8) is 0 Å². The van der Waals surface area contributed by atoms with Crippen molar-refractivity contribution >= 4 is 23.2 Å². The molecule has 166 valence electrons. The summed E-state index contributed by atoms with van der Waals surface area (Å²) in [4.78, 5) is 21.4. The first-order valence-corrected chi connectivity index (χ1v) is 9.94. The van der Waals surface area contributed by atoms with E-state index in [1.807, 2.05) is 0 Å². The summed E-state index contributed by atoms with van der Waals surface area (Å²) in [6, 6.07) is 7.84. The van der Waals surface area contributed by atoms with Crippen molar-refractivity contribution in [2.24, 2.45) is 11.1 Å². The predicted molar refractivity (Wildman–Crippen MR) is 110 cm³/mol. The van der Waals surface area contributed by atoms with Gasteiger partial charge in [-0.05, 0) is 43.5 Å². The Balaban J connectivity index is 1.86. The van der Waals surface area contributed by atoms with E-state index in [0.29, 0.717) is 16.5 Å². The molecule has 3 rings (SSSR count). The van der Waals surface area contributed by atoms with Crippen LogP contribution >= 0.6 is 11.6 Å². The summed E-state index contributed by atoms with van der Waals surface area (Å²) in [5.74, 6) is -0.381. The normalized spacial score (nSPS) is 15.4. The molecule has 6 nitrogen and oxygen atoms in total. The Morgan fingerprint density at radius 1 is 1.32 bits per heavy atom.